The SMILES string of the molecule is CN1CCN(CCNC=O)CC1.Cc1ccc(/C=C/c2[nH]c3cc(Br)ccc3c2C)cc1. The number of aryl methyl sites for hydroxylation is 2. The Morgan fingerprint density at radius 1 is 1.03 bits per heavy atom. The molecule has 0 spiro atoms. The van der Waals surface area contributed by atoms with E-state index in [1.54, 1.807) is 0 Å². The Morgan fingerprint density at radius 2 is 1.75 bits per heavy atom. The molecule has 0 aliphatic carbocycles. The van der Waals surface area contributed by atoms with Crippen LogP contribution in [-0.4, -0.2) is 67.5 Å². The number of carbonyl (C=O) groups is 1. The van der Waals surface area contributed by atoms with Crippen LogP contribution in [0.15, 0.2) is 46.9 Å². The molecule has 32 heavy (non-hydrogen) atoms. The molecule has 0 bridgehead atoms. The number of H-pyrrole nitrogens is 1. The summed E-state index contributed by atoms with van der Waals surface area (Å²) >= 11 is 3.51. The number of amides is 1. The summed E-state index contributed by atoms with van der Waals surface area (Å²) in [6.07, 6.45) is 5.05. The standard InChI is InChI=1S/C18H16BrN.C8H17N3O/c1-12-3-5-14(6-4-12)7-10-17-13(2)16-9-8-15(19)11-18(16)20-17;1-10-4-6-11(7-5-10)3-2-9-8-12/h3-11,20H,1-2H3;8H,2-7H2,1H3,(H,9,12)/b10-7+;. The summed E-state index contributed by atoms with van der Waals surface area (Å²) in [5.41, 5.74) is 6.12. The van der Waals surface area contributed by atoms with Crippen molar-refractivity contribution in [3.63, 3.8) is 0 Å². The van der Waals surface area contributed by atoms with Gasteiger partial charge >= 0.3 is 0 Å². The lowest BCUT2D eigenvalue weighted by molar-refractivity contribution is -0.109. The van der Waals surface area contributed by atoms with Gasteiger partial charge < -0.3 is 15.2 Å². The van der Waals surface area contributed by atoms with Gasteiger partial charge in [-0.1, -0.05) is 57.9 Å². The summed E-state index contributed by atoms with van der Waals surface area (Å²) in [4.78, 5) is 18.1. The molecular weight excluding hydrogens is 464 g/mol. The van der Waals surface area contributed by atoms with Crippen LogP contribution < -0.4 is 5.32 Å². The van der Waals surface area contributed by atoms with Crippen LogP contribution in [-0.2, 0) is 4.79 Å². The minimum absolute atomic E-state index is 0.760. The number of nitrogens with zero attached hydrogens (tertiary/aromatic N) is 2. The molecule has 1 fully saturated rings. The number of halogens is 1. The van der Waals surface area contributed by atoms with Gasteiger partial charge in [-0.2, -0.15) is 0 Å². The first-order valence-electron chi connectivity index (χ1n) is 11.1. The molecule has 3 aromatic rings. The molecule has 0 unspecified atom stereocenters. The van der Waals surface area contributed by atoms with Crippen molar-refractivity contribution in [1.29, 1.82) is 0 Å². The Kier molecular flexibility index (Phi) is 9.09. The smallest absolute Gasteiger partial charge is 0.207 e. The fraction of sp³-hybridized carbons (Fsp3) is 0.346. The van der Waals surface area contributed by atoms with Gasteiger partial charge in [0.05, 0.1) is 0 Å². The maximum atomic E-state index is 9.96. The van der Waals surface area contributed by atoms with Crippen molar-refractivity contribution in [3.8, 4) is 0 Å². The Morgan fingerprint density at radius 3 is 2.44 bits per heavy atom. The number of fused-ring (bicyclic) bond motifs is 1. The van der Waals surface area contributed by atoms with E-state index >= 15 is 0 Å². The number of piperazine rings is 1. The number of hydrogen-bond acceptors (Lipinski definition) is 3. The number of aromatic nitrogens is 1. The fourth-order valence-corrected chi connectivity index (χ4v) is 4.07. The summed E-state index contributed by atoms with van der Waals surface area (Å²) < 4.78 is 1.10. The second kappa shape index (κ2) is 12.0. The topological polar surface area (TPSA) is 51.4 Å². The van der Waals surface area contributed by atoms with Gasteiger partial charge in [-0.3, -0.25) is 9.69 Å². The van der Waals surface area contributed by atoms with E-state index in [-0.39, 0.29) is 0 Å². The zero-order valence-electron chi connectivity index (χ0n) is 19.2. The van der Waals surface area contributed by atoms with Gasteiger partial charge in [0.15, 0.2) is 0 Å². The largest absolute Gasteiger partial charge is 0.357 e. The molecule has 0 atom stereocenters. The molecule has 0 radical (unpaired) electrons. The molecule has 1 saturated heterocycles. The lowest BCUT2D eigenvalue weighted by Crippen LogP contribution is -2.46. The average molecular weight is 497 g/mol. The first-order valence-corrected chi connectivity index (χ1v) is 11.9. The normalized spacial score (nSPS) is 15.0. The summed E-state index contributed by atoms with van der Waals surface area (Å²) in [5.74, 6) is 0. The molecule has 5 nitrogen and oxygen atoms in total. The molecule has 4 rings (SSSR count). The highest BCUT2D eigenvalue weighted by atomic mass is 79.9. The van der Waals surface area contributed by atoms with Gasteiger partial charge in [-0.05, 0) is 50.2 Å². The zero-order valence-corrected chi connectivity index (χ0v) is 20.8. The van der Waals surface area contributed by atoms with Gasteiger partial charge in [-0.15, -0.1) is 0 Å². The van der Waals surface area contributed by atoms with Crippen molar-refractivity contribution < 1.29 is 4.79 Å². The molecule has 170 valence electrons. The number of likely N-dealkylation sites (N-methyl/N-ethyl adjacent to an activating group) is 1. The second-order valence-corrected chi connectivity index (χ2v) is 9.23. The van der Waals surface area contributed by atoms with Crippen LogP contribution >= 0.6 is 15.9 Å². The molecule has 0 saturated carbocycles. The molecule has 2 aromatic carbocycles. The van der Waals surface area contributed by atoms with E-state index in [4.69, 9.17) is 0 Å². The molecule has 2 heterocycles. The molecular formula is C26H33BrN4O. The Bertz CT molecular complexity index is 1030. The van der Waals surface area contributed by atoms with Gasteiger partial charge in [0.2, 0.25) is 6.41 Å². The Balaban J connectivity index is 0.000000207. The summed E-state index contributed by atoms with van der Waals surface area (Å²) in [5, 5.41) is 3.95. The maximum Gasteiger partial charge on any atom is 0.207 e. The quantitative estimate of drug-likeness (QED) is 0.384. The molecule has 1 aliphatic heterocycles. The van der Waals surface area contributed by atoms with Crippen molar-refractivity contribution in [2.75, 3.05) is 46.3 Å². The lowest BCUT2D eigenvalue weighted by Gasteiger charge is -2.32. The third-order valence-corrected chi connectivity index (χ3v) is 6.32. The minimum atomic E-state index is 0.760. The number of hydrogen-bond donors (Lipinski definition) is 2. The number of nitrogens with one attached hydrogen (secondary N) is 2. The average Bonchev–Trinajstić information content (AvgIpc) is 3.10. The summed E-state index contributed by atoms with van der Waals surface area (Å²) in [6.45, 7) is 10.5. The van der Waals surface area contributed by atoms with E-state index in [0.717, 1.165) is 50.2 Å². The highest BCUT2D eigenvalue weighted by Gasteiger charge is 2.12. The molecule has 1 aliphatic rings. The van der Waals surface area contributed by atoms with E-state index in [2.05, 4.69) is 112 Å². The third-order valence-electron chi connectivity index (χ3n) is 5.83. The van der Waals surface area contributed by atoms with Crippen molar-refractivity contribution in [3.05, 3.63) is 69.3 Å². The number of rotatable bonds is 6. The molecule has 1 aromatic heterocycles. The Hall–Kier alpha value is -2.41. The van der Waals surface area contributed by atoms with Crippen LogP contribution in [0.25, 0.3) is 23.1 Å². The second-order valence-electron chi connectivity index (χ2n) is 8.31. The zero-order chi connectivity index (χ0) is 22.9. The predicted octanol–water partition coefficient (Wildman–Crippen LogP) is 4.70. The van der Waals surface area contributed by atoms with Crippen molar-refractivity contribution >= 4 is 45.4 Å². The summed E-state index contributed by atoms with van der Waals surface area (Å²) in [7, 11) is 2.14. The van der Waals surface area contributed by atoms with Crippen LogP contribution in [0.3, 0.4) is 0 Å². The van der Waals surface area contributed by atoms with Crippen LogP contribution in [0, 0.1) is 13.8 Å². The van der Waals surface area contributed by atoms with Gasteiger partial charge in [0, 0.05) is 60.3 Å². The van der Waals surface area contributed by atoms with Crippen molar-refractivity contribution in [2.24, 2.45) is 0 Å². The van der Waals surface area contributed by atoms with Gasteiger partial charge in [0.25, 0.3) is 0 Å². The monoisotopic (exact) mass is 496 g/mol. The molecule has 6 heteroatoms. The highest BCUT2D eigenvalue weighted by molar-refractivity contribution is 9.10. The van der Waals surface area contributed by atoms with E-state index in [0.29, 0.717) is 0 Å². The van der Waals surface area contributed by atoms with Crippen LogP contribution in [0.5, 0.6) is 0 Å². The number of carbonyl (C=O) groups excluding carboxylic acids is 1. The fourth-order valence-electron chi connectivity index (χ4n) is 3.71. The summed E-state index contributed by atoms with van der Waals surface area (Å²) in [6, 6.07) is 14.9. The number of aromatic amines is 1. The molecule has 1 amide bonds. The highest BCUT2D eigenvalue weighted by Crippen LogP contribution is 2.26. The lowest BCUT2D eigenvalue weighted by atomic mass is 10.1. The third kappa shape index (κ3) is 7.05. The van der Waals surface area contributed by atoms with Crippen molar-refractivity contribution in [2.45, 2.75) is 13.8 Å². The number of benzene rings is 2. The molecule has 2 N–H and O–H groups in total. The first-order chi connectivity index (χ1) is 15.5. The predicted molar refractivity (Wildman–Crippen MR) is 139 cm³/mol. The first kappa shape index (κ1) is 24.2. The minimum Gasteiger partial charge on any atom is -0.357 e. The Labute approximate surface area is 199 Å². The maximum absolute atomic E-state index is 9.96. The van der Waals surface area contributed by atoms with E-state index in [1.807, 2.05) is 0 Å². The van der Waals surface area contributed by atoms with E-state index < -0.39 is 0 Å². The van der Waals surface area contributed by atoms with Crippen LogP contribution in [0.2, 0.25) is 0 Å². The van der Waals surface area contributed by atoms with Crippen molar-refractivity contribution in [1.82, 2.24) is 20.1 Å². The van der Waals surface area contributed by atoms with E-state index in [9.17, 15) is 4.79 Å². The van der Waals surface area contributed by atoms with Crippen LogP contribution in [0.4, 0.5) is 0 Å². The van der Waals surface area contributed by atoms with Crippen LogP contribution in [0.1, 0.15) is 22.4 Å². The van der Waals surface area contributed by atoms with E-state index in [1.165, 1.54) is 33.3 Å². The van der Waals surface area contributed by atoms with Gasteiger partial charge in [-0.25, -0.2) is 0 Å². The van der Waals surface area contributed by atoms with Gasteiger partial charge in [0.1, 0.15) is 0 Å².